The van der Waals surface area contributed by atoms with E-state index in [0.717, 1.165) is 77.6 Å². The number of aromatic nitrogens is 1. The first kappa shape index (κ1) is 25.6. The fourth-order valence-electron chi connectivity index (χ4n) is 4.13. The normalized spacial score (nSPS) is 23.3. The minimum atomic E-state index is -0.0743. The summed E-state index contributed by atoms with van der Waals surface area (Å²) in [7, 11) is 0. The summed E-state index contributed by atoms with van der Waals surface area (Å²) in [6.45, 7) is 20.2. The fourth-order valence-corrected chi connectivity index (χ4v) is 4.13. The van der Waals surface area contributed by atoms with Crippen LogP contribution in [0.25, 0.3) is 0 Å². The molecule has 1 aromatic rings. The van der Waals surface area contributed by atoms with Crippen LogP contribution >= 0.6 is 0 Å². The van der Waals surface area contributed by atoms with Crippen LogP contribution in [0.1, 0.15) is 65.6 Å². The van der Waals surface area contributed by atoms with Crippen LogP contribution in [-0.2, 0) is 27.2 Å². The van der Waals surface area contributed by atoms with Gasteiger partial charge in [0.25, 0.3) is 0 Å². The van der Waals surface area contributed by atoms with Gasteiger partial charge in [0.05, 0.1) is 36.3 Å². The molecule has 3 rings (SSSR count). The third kappa shape index (κ3) is 9.44. The highest BCUT2D eigenvalue weighted by Crippen LogP contribution is 2.33. The molecule has 0 spiro atoms. The number of hydrogen-bond donors (Lipinski definition) is 0. The smallest absolute Gasteiger partial charge is 0.0998 e. The molecule has 0 amide bonds. The van der Waals surface area contributed by atoms with Crippen molar-refractivity contribution in [1.82, 2.24) is 14.8 Å². The van der Waals surface area contributed by atoms with Crippen molar-refractivity contribution >= 4 is 0 Å². The van der Waals surface area contributed by atoms with Gasteiger partial charge in [0.15, 0.2) is 0 Å². The van der Waals surface area contributed by atoms with E-state index in [2.05, 4.69) is 63.5 Å². The van der Waals surface area contributed by atoms with Crippen LogP contribution in [0.4, 0.5) is 0 Å². The third-order valence-corrected chi connectivity index (χ3v) is 6.02. The molecular formula is C26H45N3O3. The van der Waals surface area contributed by atoms with Crippen molar-refractivity contribution < 1.29 is 14.2 Å². The molecule has 32 heavy (non-hydrogen) atoms. The van der Waals surface area contributed by atoms with Crippen molar-refractivity contribution in [2.45, 2.75) is 84.7 Å². The summed E-state index contributed by atoms with van der Waals surface area (Å²) in [5.74, 6) is 0.656. The summed E-state index contributed by atoms with van der Waals surface area (Å²) < 4.78 is 17.8. The zero-order valence-corrected chi connectivity index (χ0v) is 21.2. The highest BCUT2D eigenvalue weighted by Gasteiger charge is 2.32. The minimum absolute atomic E-state index is 0.0367. The van der Waals surface area contributed by atoms with E-state index >= 15 is 0 Å². The van der Waals surface area contributed by atoms with E-state index in [1.807, 2.05) is 6.20 Å². The highest BCUT2D eigenvalue weighted by atomic mass is 16.5. The molecule has 6 heteroatoms. The predicted octanol–water partition coefficient (Wildman–Crippen LogP) is 4.12. The zero-order chi connectivity index (χ0) is 23.2. The van der Waals surface area contributed by atoms with Crippen LogP contribution in [0.3, 0.4) is 0 Å². The molecule has 1 saturated heterocycles. The zero-order valence-electron chi connectivity index (χ0n) is 21.2. The maximum atomic E-state index is 6.00. The van der Waals surface area contributed by atoms with E-state index in [1.54, 1.807) is 0 Å². The Kier molecular flexibility index (Phi) is 9.10. The standard InChI is InChI=1S/C26H45N3O3/c1-25(2,3)31-20-29-12-10-28(11-13-29)18-23-8-7-21(17-27-23)9-14-30-19-22-15-24(16-22)32-26(4,5)6/h7-8,17,22,24H,9-16,18-20H2,1-6H3. The molecule has 1 aliphatic carbocycles. The van der Waals surface area contributed by atoms with Gasteiger partial charge < -0.3 is 14.2 Å². The average molecular weight is 448 g/mol. The second kappa shape index (κ2) is 11.4. The first-order valence-electron chi connectivity index (χ1n) is 12.3. The lowest BCUT2D eigenvalue weighted by Crippen LogP contribution is -2.47. The molecular weight excluding hydrogens is 402 g/mol. The molecule has 1 aromatic heterocycles. The van der Waals surface area contributed by atoms with Crippen LogP contribution in [0.15, 0.2) is 18.3 Å². The molecule has 0 aromatic carbocycles. The quantitative estimate of drug-likeness (QED) is 0.503. The predicted molar refractivity (Wildman–Crippen MR) is 129 cm³/mol. The lowest BCUT2D eigenvalue weighted by molar-refractivity contribution is -0.122. The van der Waals surface area contributed by atoms with E-state index in [1.165, 1.54) is 5.56 Å². The average Bonchev–Trinajstić information content (AvgIpc) is 2.68. The summed E-state index contributed by atoms with van der Waals surface area (Å²) >= 11 is 0. The third-order valence-electron chi connectivity index (χ3n) is 6.02. The van der Waals surface area contributed by atoms with Gasteiger partial charge in [0, 0.05) is 45.5 Å². The van der Waals surface area contributed by atoms with Crippen LogP contribution in [0.2, 0.25) is 0 Å². The Bertz CT molecular complexity index is 667. The monoisotopic (exact) mass is 447 g/mol. The van der Waals surface area contributed by atoms with Crippen molar-refractivity contribution in [3.05, 3.63) is 29.6 Å². The summed E-state index contributed by atoms with van der Waals surface area (Å²) in [5, 5.41) is 0. The van der Waals surface area contributed by atoms with Gasteiger partial charge in [-0.25, -0.2) is 0 Å². The SMILES string of the molecule is CC(C)(C)OCN1CCN(Cc2ccc(CCOCC3CC(OC(C)(C)C)C3)cn2)CC1. The Balaban J connectivity index is 1.26. The Labute approximate surface area is 195 Å². The molecule has 0 atom stereocenters. The van der Waals surface area contributed by atoms with E-state index < -0.39 is 0 Å². The van der Waals surface area contributed by atoms with Gasteiger partial charge in [-0.15, -0.1) is 0 Å². The highest BCUT2D eigenvalue weighted by molar-refractivity contribution is 5.14. The van der Waals surface area contributed by atoms with Crippen LogP contribution < -0.4 is 0 Å². The molecule has 0 N–H and O–H groups in total. The lowest BCUT2D eigenvalue weighted by Gasteiger charge is -2.39. The summed E-state index contributed by atoms with van der Waals surface area (Å²) in [5.41, 5.74) is 2.29. The first-order valence-corrected chi connectivity index (χ1v) is 12.3. The Morgan fingerprint density at radius 2 is 1.62 bits per heavy atom. The van der Waals surface area contributed by atoms with Gasteiger partial charge in [-0.1, -0.05) is 6.07 Å². The van der Waals surface area contributed by atoms with Crippen LogP contribution in [0, 0.1) is 5.92 Å². The molecule has 0 bridgehead atoms. The van der Waals surface area contributed by atoms with Crippen molar-refractivity contribution in [2.75, 3.05) is 46.1 Å². The molecule has 1 aliphatic heterocycles. The molecule has 2 heterocycles. The maximum Gasteiger partial charge on any atom is 0.0998 e. The van der Waals surface area contributed by atoms with Crippen LogP contribution in [0.5, 0.6) is 0 Å². The molecule has 1 saturated carbocycles. The first-order chi connectivity index (χ1) is 15.1. The second-order valence-electron chi connectivity index (χ2n) is 11.5. The lowest BCUT2D eigenvalue weighted by atomic mass is 9.82. The van der Waals surface area contributed by atoms with Gasteiger partial charge in [0.1, 0.15) is 0 Å². The van der Waals surface area contributed by atoms with Crippen molar-refractivity contribution in [3.63, 3.8) is 0 Å². The van der Waals surface area contributed by atoms with Crippen molar-refractivity contribution in [2.24, 2.45) is 5.92 Å². The Hall–Kier alpha value is -1.05. The number of hydrogen-bond acceptors (Lipinski definition) is 6. The number of nitrogens with zero attached hydrogens (tertiary/aromatic N) is 3. The van der Waals surface area contributed by atoms with E-state index in [9.17, 15) is 0 Å². The minimum Gasteiger partial charge on any atom is -0.381 e. The van der Waals surface area contributed by atoms with Gasteiger partial charge in [-0.05, 0) is 78.4 Å². The number of piperazine rings is 1. The topological polar surface area (TPSA) is 47.1 Å². The molecule has 2 aliphatic rings. The fraction of sp³-hybridized carbons (Fsp3) is 0.808. The maximum absolute atomic E-state index is 6.00. The second-order valence-corrected chi connectivity index (χ2v) is 11.5. The largest absolute Gasteiger partial charge is 0.381 e. The molecule has 6 nitrogen and oxygen atoms in total. The Morgan fingerprint density at radius 1 is 0.938 bits per heavy atom. The van der Waals surface area contributed by atoms with Crippen molar-refractivity contribution in [3.8, 4) is 0 Å². The van der Waals surface area contributed by atoms with E-state index in [0.29, 0.717) is 12.0 Å². The molecule has 2 fully saturated rings. The van der Waals surface area contributed by atoms with Crippen LogP contribution in [-0.4, -0.2) is 78.2 Å². The molecule has 0 radical (unpaired) electrons. The summed E-state index contributed by atoms with van der Waals surface area (Å²) in [6.07, 6.45) is 5.62. The van der Waals surface area contributed by atoms with Crippen molar-refractivity contribution in [1.29, 1.82) is 0 Å². The van der Waals surface area contributed by atoms with E-state index in [4.69, 9.17) is 19.2 Å². The number of pyridine rings is 1. The Morgan fingerprint density at radius 3 is 2.22 bits per heavy atom. The van der Waals surface area contributed by atoms with Gasteiger partial charge in [-0.2, -0.15) is 0 Å². The molecule has 182 valence electrons. The summed E-state index contributed by atoms with van der Waals surface area (Å²) in [4.78, 5) is 9.56. The summed E-state index contributed by atoms with van der Waals surface area (Å²) in [6, 6.07) is 4.38. The number of rotatable bonds is 10. The molecule has 0 unspecified atom stereocenters. The van der Waals surface area contributed by atoms with E-state index in [-0.39, 0.29) is 11.2 Å². The number of ether oxygens (including phenoxy) is 3. The van der Waals surface area contributed by atoms with Gasteiger partial charge >= 0.3 is 0 Å². The van der Waals surface area contributed by atoms with Gasteiger partial charge in [-0.3, -0.25) is 14.8 Å². The van der Waals surface area contributed by atoms with Gasteiger partial charge in [0.2, 0.25) is 0 Å².